The Kier molecular flexibility index (Phi) is 3.95. The van der Waals surface area contributed by atoms with E-state index in [9.17, 15) is 14.4 Å². The number of rotatable bonds is 4. The second-order valence-electron chi connectivity index (χ2n) is 6.22. The molecule has 2 rings (SSSR count). The topological polar surface area (TPSA) is 111 Å². The van der Waals surface area contributed by atoms with Crippen molar-refractivity contribution in [2.45, 2.75) is 51.7 Å². The molecule has 1 unspecified atom stereocenters. The first-order valence-corrected chi connectivity index (χ1v) is 6.92. The maximum atomic E-state index is 12.2. The number of ether oxygens (including phenoxy) is 1. The molecular weight excluding hydrogens is 290 g/mol. The van der Waals surface area contributed by atoms with Crippen LogP contribution in [0.1, 0.15) is 45.1 Å². The van der Waals surface area contributed by atoms with Crippen LogP contribution in [-0.2, 0) is 19.9 Å². The van der Waals surface area contributed by atoms with Crippen LogP contribution < -0.4 is 10.6 Å². The molecule has 0 bridgehead atoms. The van der Waals surface area contributed by atoms with E-state index >= 15 is 0 Å². The molecule has 1 aliphatic rings. The quantitative estimate of drug-likeness (QED) is 0.637. The lowest BCUT2D eigenvalue weighted by atomic mass is 9.89. The number of aromatic nitrogens is 1. The number of imide groups is 1. The number of carbonyl (C=O) groups is 3. The van der Waals surface area contributed by atoms with E-state index in [-0.39, 0.29) is 18.5 Å². The van der Waals surface area contributed by atoms with Crippen LogP contribution in [0.3, 0.4) is 0 Å². The number of urea groups is 1. The summed E-state index contributed by atoms with van der Waals surface area (Å²) in [5, 5.41) is 8.50. The zero-order valence-electron chi connectivity index (χ0n) is 13.0. The smallest absolute Gasteiger partial charge is 0.322 e. The summed E-state index contributed by atoms with van der Waals surface area (Å²) in [5.74, 6) is -0.518. The summed E-state index contributed by atoms with van der Waals surface area (Å²) in [6.07, 6.45) is -0.0116. The van der Waals surface area contributed by atoms with E-state index < -0.39 is 29.0 Å². The molecule has 1 fully saturated rings. The highest BCUT2D eigenvalue weighted by Crippen LogP contribution is 2.30. The van der Waals surface area contributed by atoms with Crippen LogP contribution in [0.5, 0.6) is 0 Å². The third-order valence-electron chi connectivity index (χ3n) is 3.13. The Bertz CT molecular complexity index is 616. The highest BCUT2D eigenvalue weighted by Gasteiger charge is 2.50. The molecule has 1 aliphatic heterocycles. The third-order valence-corrected chi connectivity index (χ3v) is 3.13. The standard InChI is InChI=1S/C14H19N3O5/c1-8-7-9(17-22-8)14(11(19)15-12(20)16-14)6-5-10(18)21-13(2,3)4/h7H,5-6H2,1-4H3,(H2,15,16,19,20). The van der Waals surface area contributed by atoms with Gasteiger partial charge in [0.05, 0.1) is 0 Å². The van der Waals surface area contributed by atoms with E-state index in [2.05, 4.69) is 15.8 Å². The second kappa shape index (κ2) is 5.43. The van der Waals surface area contributed by atoms with Gasteiger partial charge in [-0.25, -0.2) is 4.79 Å². The Morgan fingerprint density at radius 2 is 2.09 bits per heavy atom. The van der Waals surface area contributed by atoms with E-state index in [0.29, 0.717) is 5.76 Å². The van der Waals surface area contributed by atoms with Gasteiger partial charge in [0.25, 0.3) is 5.91 Å². The van der Waals surface area contributed by atoms with Crippen LogP contribution in [0.15, 0.2) is 10.6 Å². The number of esters is 1. The largest absolute Gasteiger partial charge is 0.460 e. The molecule has 0 spiro atoms. The molecule has 0 saturated carbocycles. The molecule has 22 heavy (non-hydrogen) atoms. The number of nitrogens with zero attached hydrogens (tertiary/aromatic N) is 1. The first-order chi connectivity index (χ1) is 10.1. The van der Waals surface area contributed by atoms with Crippen molar-refractivity contribution in [2.24, 2.45) is 0 Å². The minimum atomic E-state index is -1.41. The molecule has 0 radical (unpaired) electrons. The molecule has 1 aromatic heterocycles. The zero-order valence-corrected chi connectivity index (χ0v) is 13.0. The summed E-state index contributed by atoms with van der Waals surface area (Å²) in [6.45, 7) is 6.94. The van der Waals surface area contributed by atoms with Gasteiger partial charge < -0.3 is 14.6 Å². The van der Waals surface area contributed by atoms with Crippen LogP contribution in [0, 0.1) is 6.92 Å². The summed E-state index contributed by atoms with van der Waals surface area (Å²) >= 11 is 0. The van der Waals surface area contributed by atoms with Crippen LogP contribution in [0.4, 0.5) is 4.79 Å². The average Bonchev–Trinajstić information content (AvgIpc) is 2.90. The molecule has 1 saturated heterocycles. The molecule has 120 valence electrons. The molecular formula is C14H19N3O5. The summed E-state index contributed by atoms with van der Waals surface area (Å²) in [6, 6.07) is 0.926. The van der Waals surface area contributed by atoms with E-state index in [0.717, 1.165) is 0 Å². The van der Waals surface area contributed by atoms with Crippen LogP contribution in [0.25, 0.3) is 0 Å². The van der Waals surface area contributed by atoms with Crippen molar-refractivity contribution in [3.05, 3.63) is 17.5 Å². The minimum Gasteiger partial charge on any atom is -0.460 e. The van der Waals surface area contributed by atoms with Crippen LogP contribution >= 0.6 is 0 Å². The van der Waals surface area contributed by atoms with Crippen molar-refractivity contribution in [2.75, 3.05) is 0 Å². The fourth-order valence-corrected chi connectivity index (χ4v) is 2.23. The lowest BCUT2D eigenvalue weighted by Gasteiger charge is -2.24. The lowest BCUT2D eigenvalue weighted by molar-refractivity contribution is -0.155. The minimum absolute atomic E-state index is 0.0332. The van der Waals surface area contributed by atoms with Crippen molar-refractivity contribution in [3.63, 3.8) is 0 Å². The Labute approximate surface area is 127 Å². The summed E-state index contributed by atoms with van der Waals surface area (Å²) in [7, 11) is 0. The average molecular weight is 309 g/mol. The molecule has 2 heterocycles. The third kappa shape index (κ3) is 3.26. The van der Waals surface area contributed by atoms with E-state index in [1.807, 2.05) is 0 Å². The van der Waals surface area contributed by atoms with E-state index in [1.54, 1.807) is 33.8 Å². The summed E-state index contributed by atoms with van der Waals surface area (Å²) in [4.78, 5) is 35.6. The number of aryl methyl sites for hydroxylation is 1. The van der Waals surface area contributed by atoms with Gasteiger partial charge in [0.15, 0.2) is 5.54 Å². The van der Waals surface area contributed by atoms with Crippen molar-refractivity contribution in [1.29, 1.82) is 0 Å². The van der Waals surface area contributed by atoms with Gasteiger partial charge in [-0.3, -0.25) is 14.9 Å². The van der Waals surface area contributed by atoms with Gasteiger partial charge in [0.1, 0.15) is 17.1 Å². The Balaban J connectivity index is 2.19. The summed E-state index contributed by atoms with van der Waals surface area (Å²) < 4.78 is 10.2. The van der Waals surface area contributed by atoms with Crippen molar-refractivity contribution in [1.82, 2.24) is 15.8 Å². The zero-order chi connectivity index (χ0) is 16.5. The SMILES string of the molecule is Cc1cc(C2(CCC(=O)OC(C)(C)C)NC(=O)NC2=O)no1. The van der Waals surface area contributed by atoms with Gasteiger partial charge in [-0.15, -0.1) is 0 Å². The van der Waals surface area contributed by atoms with Gasteiger partial charge >= 0.3 is 12.0 Å². The first kappa shape index (κ1) is 16.0. The van der Waals surface area contributed by atoms with Gasteiger partial charge in [0.2, 0.25) is 0 Å². The Hall–Kier alpha value is -2.38. The van der Waals surface area contributed by atoms with E-state index in [4.69, 9.17) is 9.26 Å². The summed E-state index contributed by atoms with van der Waals surface area (Å²) in [5.41, 5.74) is -1.77. The molecule has 0 aromatic carbocycles. The fraction of sp³-hybridized carbons (Fsp3) is 0.571. The van der Waals surface area contributed by atoms with Gasteiger partial charge in [-0.05, 0) is 34.1 Å². The molecule has 1 aromatic rings. The molecule has 1 atom stereocenters. The molecule has 3 amide bonds. The molecule has 2 N–H and O–H groups in total. The van der Waals surface area contributed by atoms with Gasteiger partial charge in [0, 0.05) is 12.5 Å². The molecule has 0 aliphatic carbocycles. The number of nitrogens with one attached hydrogen (secondary N) is 2. The van der Waals surface area contributed by atoms with Crippen molar-refractivity contribution >= 4 is 17.9 Å². The number of hydrogen-bond acceptors (Lipinski definition) is 6. The maximum Gasteiger partial charge on any atom is 0.322 e. The number of carbonyl (C=O) groups excluding carboxylic acids is 3. The normalized spacial score (nSPS) is 21.5. The second-order valence-corrected chi connectivity index (χ2v) is 6.22. The van der Waals surface area contributed by atoms with Crippen molar-refractivity contribution < 1.29 is 23.6 Å². The lowest BCUT2D eigenvalue weighted by Crippen LogP contribution is -2.44. The highest BCUT2D eigenvalue weighted by molar-refractivity contribution is 6.07. The van der Waals surface area contributed by atoms with Crippen molar-refractivity contribution in [3.8, 4) is 0 Å². The number of amides is 3. The highest BCUT2D eigenvalue weighted by atomic mass is 16.6. The van der Waals surface area contributed by atoms with Gasteiger partial charge in [-0.1, -0.05) is 5.16 Å². The van der Waals surface area contributed by atoms with Crippen LogP contribution in [0.2, 0.25) is 0 Å². The predicted octanol–water partition coefficient (Wildman–Crippen LogP) is 1.14. The molecule has 8 heteroatoms. The fourth-order valence-electron chi connectivity index (χ4n) is 2.23. The van der Waals surface area contributed by atoms with Gasteiger partial charge in [-0.2, -0.15) is 0 Å². The predicted molar refractivity (Wildman–Crippen MR) is 74.7 cm³/mol. The Morgan fingerprint density at radius 3 is 2.55 bits per heavy atom. The Morgan fingerprint density at radius 1 is 1.41 bits per heavy atom. The maximum absolute atomic E-state index is 12.2. The number of hydrogen-bond donors (Lipinski definition) is 2. The monoisotopic (exact) mass is 309 g/mol. The first-order valence-electron chi connectivity index (χ1n) is 6.92. The molecule has 8 nitrogen and oxygen atoms in total. The van der Waals surface area contributed by atoms with Crippen LogP contribution in [-0.4, -0.2) is 28.7 Å². The van der Waals surface area contributed by atoms with E-state index in [1.165, 1.54) is 0 Å².